The Balaban J connectivity index is 1.68. The first-order valence-corrected chi connectivity index (χ1v) is 9.32. The van der Waals surface area contributed by atoms with E-state index in [2.05, 4.69) is 18.3 Å². The molecule has 118 valence electrons. The van der Waals surface area contributed by atoms with Gasteiger partial charge in [-0.3, -0.25) is 0 Å². The molecule has 20 heavy (non-hydrogen) atoms. The van der Waals surface area contributed by atoms with Crippen molar-refractivity contribution in [1.29, 1.82) is 0 Å². The molecule has 0 aromatic rings. The summed E-state index contributed by atoms with van der Waals surface area (Å²) < 4.78 is 0. The molecule has 0 fully saturated rings. The van der Waals surface area contributed by atoms with Crippen LogP contribution in [0.25, 0.3) is 0 Å². The molecule has 0 aromatic heterocycles. The zero-order chi connectivity index (χ0) is 14.3. The Hall–Kier alpha value is -0.300. The standard InChI is InChI=1S/C19H37N/c1-2-3-4-5-6-7-8-9-10-13-17-20-18-16-19-14-11-12-15-19/h14,20H,2-13,15-18H2,1H3. The quantitative estimate of drug-likeness (QED) is 0.304. The Morgan fingerprint density at radius 1 is 0.850 bits per heavy atom. The number of nitrogens with one attached hydrogen (secondary N) is 1. The normalized spacial score (nSPS) is 14.8. The summed E-state index contributed by atoms with van der Waals surface area (Å²) in [6.07, 6.45) is 22.2. The predicted octanol–water partition coefficient (Wildman–Crippen LogP) is 6.00. The Bertz CT molecular complexity index is 232. The molecule has 0 aromatic carbocycles. The van der Waals surface area contributed by atoms with Crippen LogP contribution in [0.5, 0.6) is 0 Å². The van der Waals surface area contributed by atoms with Gasteiger partial charge in [-0.2, -0.15) is 0 Å². The van der Waals surface area contributed by atoms with Crippen molar-refractivity contribution in [2.24, 2.45) is 0 Å². The molecule has 0 unspecified atom stereocenters. The Labute approximate surface area is 127 Å². The molecular weight excluding hydrogens is 242 g/mol. The van der Waals surface area contributed by atoms with Gasteiger partial charge in [0.05, 0.1) is 0 Å². The second-order valence-electron chi connectivity index (χ2n) is 6.44. The van der Waals surface area contributed by atoms with Crippen LogP contribution in [0.3, 0.4) is 0 Å². The zero-order valence-electron chi connectivity index (χ0n) is 13.9. The minimum atomic E-state index is 1.20. The Morgan fingerprint density at radius 2 is 1.50 bits per heavy atom. The smallest absolute Gasteiger partial charge is 0.00116 e. The van der Waals surface area contributed by atoms with E-state index in [1.165, 1.54) is 103 Å². The molecule has 1 aliphatic carbocycles. The molecule has 1 heteroatoms. The topological polar surface area (TPSA) is 12.0 Å². The van der Waals surface area contributed by atoms with E-state index < -0.39 is 0 Å². The molecule has 0 saturated carbocycles. The van der Waals surface area contributed by atoms with E-state index in [0.29, 0.717) is 0 Å². The molecule has 0 bridgehead atoms. The summed E-state index contributed by atoms with van der Waals surface area (Å²) in [5, 5.41) is 3.60. The van der Waals surface area contributed by atoms with Crippen molar-refractivity contribution in [3.63, 3.8) is 0 Å². The fourth-order valence-electron chi connectivity index (χ4n) is 3.08. The van der Waals surface area contributed by atoms with Crippen molar-refractivity contribution in [3.8, 4) is 0 Å². The molecule has 0 heterocycles. The van der Waals surface area contributed by atoms with Gasteiger partial charge < -0.3 is 5.32 Å². The molecule has 0 aliphatic heterocycles. The molecule has 1 N–H and O–H groups in total. The summed E-state index contributed by atoms with van der Waals surface area (Å²) in [4.78, 5) is 0. The molecular formula is C19H37N. The highest BCUT2D eigenvalue weighted by molar-refractivity contribution is 5.07. The van der Waals surface area contributed by atoms with E-state index >= 15 is 0 Å². The van der Waals surface area contributed by atoms with Crippen LogP contribution in [-0.2, 0) is 0 Å². The molecule has 0 atom stereocenters. The van der Waals surface area contributed by atoms with Gasteiger partial charge >= 0.3 is 0 Å². The lowest BCUT2D eigenvalue weighted by Gasteiger charge is -2.05. The van der Waals surface area contributed by atoms with E-state index in [4.69, 9.17) is 0 Å². The largest absolute Gasteiger partial charge is 0.316 e. The molecule has 1 aliphatic rings. The van der Waals surface area contributed by atoms with Crippen molar-refractivity contribution >= 4 is 0 Å². The van der Waals surface area contributed by atoms with Crippen LogP contribution in [-0.4, -0.2) is 13.1 Å². The fourth-order valence-corrected chi connectivity index (χ4v) is 3.08. The third-order valence-electron chi connectivity index (χ3n) is 4.47. The maximum atomic E-state index is 3.60. The van der Waals surface area contributed by atoms with Crippen LogP contribution in [0.4, 0.5) is 0 Å². The van der Waals surface area contributed by atoms with Crippen LogP contribution < -0.4 is 5.32 Å². The lowest BCUT2D eigenvalue weighted by atomic mass is 10.1. The fraction of sp³-hybridized carbons (Fsp3) is 0.895. The second kappa shape index (κ2) is 13.7. The molecule has 0 amide bonds. The maximum absolute atomic E-state index is 3.60. The predicted molar refractivity (Wildman–Crippen MR) is 91.3 cm³/mol. The summed E-state index contributed by atoms with van der Waals surface area (Å²) >= 11 is 0. The van der Waals surface area contributed by atoms with Crippen molar-refractivity contribution in [2.45, 2.75) is 96.8 Å². The first-order valence-electron chi connectivity index (χ1n) is 9.32. The number of hydrogen-bond donors (Lipinski definition) is 1. The van der Waals surface area contributed by atoms with E-state index in [0.717, 1.165) is 0 Å². The van der Waals surface area contributed by atoms with Crippen molar-refractivity contribution in [2.75, 3.05) is 13.1 Å². The van der Waals surface area contributed by atoms with Gasteiger partial charge in [-0.05, 0) is 45.2 Å². The molecule has 1 nitrogen and oxygen atoms in total. The van der Waals surface area contributed by atoms with Gasteiger partial charge in [-0.25, -0.2) is 0 Å². The lowest BCUT2D eigenvalue weighted by Crippen LogP contribution is -2.16. The zero-order valence-corrected chi connectivity index (χ0v) is 13.9. The summed E-state index contributed by atoms with van der Waals surface area (Å²) in [5.74, 6) is 0. The lowest BCUT2D eigenvalue weighted by molar-refractivity contribution is 0.543. The minimum absolute atomic E-state index is 1.20. The van der Waals surface area contributed by atoms with Crippen LogP contribution in [0, 0.1) is 0 Å². The molecule has 0 saturated heterocycles. The third-order valence-corrected chi connectivity index (χ3v) is 4.47. The van der Waals surface area contributed by atoms with E-state index in [1.54, 1.807) is 5.57 Å². The number of rotatable bonds is 14. The van der Waals surface area contributed by atoms with Crippen molar-refractivity contribution in [1.82, 2.24) is 5.32 Å². The SMILES string of the molecule is CCCCCCCCCCCCNCCC1=CCCC1. The second-order valence-corrected chi connectivity index (χ2v) is 6.44. The van der Waals surface area contributed by atoms with Crippen LogP contribution in [0.1, 0.15) is 96.8 Å². The first-order chi connectivity index (χ1) is 9.93. The number of unbranched alkanes of at least 4 members (excludes halogenated alkanes) is 9. The van der Waals surface area contributed by atoms with Gasteiger partial charge in [-0.1, -0.05) is 76.4 Å². The van der Waals surface area contributed by atoms with Gasteiger partial charge in [0.2, 0.25) is 0 Å². The number of allylic oxidation sites excluding steroid dienone is 1. The average Bonchev–Trinajstić information content (AvgIpc) is 2.97. The molecule has 1 rings (SSSR count). The van der Waals surface area contributed by atoms with Crippen LogP contribution in [0.15, 0.2) is 11.6 Å². The van der Waals surface area contributed by atoms with Crippen molar-refractivity contribution in [3.05, 3.63) is 11.6 Å². The minimum Gasteiger partial charge on any atom is -0.316 e. The summed E-state index contributed by atoms with van der Waals surface area (Å²) in [5.41, 5.74) is 1.69. The molecule has 0 spiro atoms. The third kappa shape index (κ3) is 10.5. The average molecular weight is 280 g/mol. The van der Waals surface area contributed by atoms with E-state index in [1.807, 2.05) is 0 Å². The van der Waals surface area contributed by atoms with E-state index in [9.17, 15) is 0 Å². The van der Waals surface area contributed by atoms with Crippen molar-refractivity contribution < 1.29 is 0 Å². The summed E-state index contributed by atoms with van der Waals surface area (Å²) in [7, 11) is 0. The van der Waals surface area contributed by atoms with Crippen LogP contribution >= 0.6 is 0 Å². The van der Waals surface area contributed by atoms with Gasteiger partial charge in [0.15, 0.2) is 0 Å². The highest BCUT2D eigenvalue weighted by Crippen LogP contribution is 2.19. The van der Waals surface area contributed by atoms with Gasteiger partial charge in [0.25, 0.3) is 0 Å². The number of hydrogen-bond acceptors (Lipinski definition) is 1. The maximum Gasteiger partial charge on any atom is -0.00116 e. The highest BCUT2D eigenvalue weighted by atomic mass is 14.8. The highest BCUT2D eigenvalue weighted by Gasteiger charge is 2.02. The molecule has 0 radical (unpaired) electrons. The first kappa shape index (κ1) is 17.8. The summed E-state index contributed by atoms with van der Waals surface area (Å²) in [6, 6.07) is 0. The van der Waals surface area contributed by atoms with Gasteiger partial charge in [0.1, 0.15) is 0 Å². The monoisotopic (exact) mass is 279 g/mol. The van der Waals surface area contributed by atoms with E-state index in [-0.39, 0.29) is 0 Å². The van der Waals surface area contributed by atoms with Gasteiger partial charge in [-0.15, -0.1) is 0 Å². The summed E-state index contributed by atoms with van der Waals surface area (Å²) in [6.45, 7) is 4.71. The van der Waals surface area contributed by atoms with Gasteiger partial charge in [0, 0.05) is 0 Å². The van der Waals surface area contributed by atoms with Crippen LogP contribution in [0.2, 0.25) is 0 Å². The Kier molecular flexibility index (Phi) is 12.1. The Morgan fingerprint density at radius 3 is 2.10 bits per heavy atom.